The van der Waals surface area contributed by atoms with Gasteiger partial charge in [-0.25, -0.2) is 0 Å². The van der Waals surface area contributed by atoms with E-state index < -0.39 is 0 Å². The van der Waals surface area contributed by atoms with Crippen LogP contribution in [0.25, 0.3) is 0 Å². The van der Waals surface area contributed by atoms with Crippen LogP contribution in [0.5, 0.6) is 0 Å². The van der Waals surface area contributed by atoms with E-state index in [1.807, 2.05) is 11.8 Å². The van der Waals surface area contributed by atoms with Gasteiger partial charge < -0.3 is 10.1 Å². The molecule has 1 unspecified atom stereocenters. The second-order valence-electron chi connectivity index (χ2n) is 4.14. The van der Waals surface area contributed by atoms with Crippen molar-refractivity contribution in [3.05, 3.63) is 0 Å². The molecule has 14 heavy (non-hydrogen) atoms. The van der Waals surface area contributed by atoms with Gasteiger partial charge in [-0.15, -0.1) is 0 Å². The second-order valence-corrected chi connectivity index (χ2v) is 5.36. The van der Waals surface area contributed by atoms with Crippen molar-refractivity contribution in [3.63, 3.8) is 0 Å². The third-order valence-corrected chi connectivity index (χ3v) is 4.49. The maximum absolute atomic E-state index is 11.6. The summed E-state index contributed by atoms with van der Waals surface area (Å²) in [4.78, 5) is 11.6. The van der Waals surface area contributed by atoms with Crippen molar-refractivity contribution in [2.45, 2.75) is 25.3 Å². The van der Waals surface area contributed by atoms with Crippen LogP contribution < -0.4 is 5.32 Å². The van der Waals surface area contributed by atoms with Gasteiger partial charge in [0.25, 0.3) is 0 Å². The summed E-state index contributed by atoms with van der Waals surface area (Å²) >= 11 is 2.00. The summed E-state index contributed by atoms with van der Waals surface area (Å²) in [5, 5.41) is 3.28. The Morgan fingerprint density at radius 2 is 2.14 bits per heavy atom. The van der Waals surface area contributed by atoms with Crippen molar-refractivity contribution in [3.8, 4) is 0 Å². The Balaban J connectivity index is 2.11. The van der Waals surface area contributed by atoms with Crippen LogP contribution >= 0.6 is 11.8 Å². The Morgan fingerprint density at radius 3 is 2.79 bits per heavy atom. The molecule has 1 atom stereocenters. The summed E-state index contributed by atoms with van der Waals surface area (Å²) in [6, 6.07) is -0.0478. The van der Waals surface area contributed by atoms with Crippen LogP contribution in [-0.2, 0) is 9.53 Å². The van der Waals surface area contributed by atoms with Gasteiger partial charge >= 0.3 is 5.97 Å². The zero-order valence-corrected chi connectivity index (χ0v) is 9.36. The molecule has 0 aromatic carbocycles. The van der Waals surface area contributed by atoms with E-state index in [-0.39, 0.29) is 17.4 Å². The standard InChI is InChI=1S/C10H17NO2S/c1-13-9(12)8-10(2-5-11-8)3-6-14-7-4-10/h8,11H,2-7H2,1H3. The summed E-state index contributed by atoms with van der Waals surface area (Å²) in [5.74, 6) is 2.30. The summed E-state index contributed by atoms with van der Waals surface area (Å²) < 4.78 is 4.85. The molecule has 1 spiro atoms. The van der Waals surface area contributed by atoms with Crippen molar-refractivity contribution in [1.29, 1.82) is 0 Å². The highest BCUT2D eigenvalue weighted by molar-refractivity contribution is 7.99. The van der Waals surface area contributed by atoms with Crippen LogP contribution in [0.1, 0.15) is 19.3 Å². The first-order valence-corrected chi connectivity index (χ1v) is 6.33. The van der Waals surface area contributed by atoms with Gasteiger partial charge in [0.05, 0.1) is 7.11 Å². The van der Waals surface area contributed by atoms with Crippen LogP contribution in [0, 0.1) is 5.41 Å². The molecule has 2 rings (SSSR count). The van der Waals surface area contributed by atoms with Crippen molar-refractivity contribution in [1.82, 2.24) is 5.32 Å². The molecule has 0 radical (unpaired) electrons. The molecule has 0 aromatic heterocycles. The number of thioether (sulfide) groups is 1. The molecule has 0 aliphatic carbocycles. The largest absolute Gasteiger partial charge is 0.468 e. The average molecular weight is 215 g/mol. The van der Waals surface area contributed by atoms with E-state index >= 15 is 0 Å². The lowest BCUT2D eigenvalue weighted by molar-refractivity contribution is -0.145. The maximum Gasteiger partial charge on any atom is 0.323 e. The molecular formula is C10H17NO2S. The Morgan fingerprint density at radius 1 is 1.43 bits per heavy atom. The average Bonchev–Trinajstić information content (AvgIpc) is 2.62. The number of esters is 1. The zero-order chi connectivity index (χ0) is 10.0. The summed E-state index contributed by atoms with van der Waals surface area (Å²) in [6.45, 7) is 0.963. The molecule has 0 bridgehead atoms. The van der Waals surface area contributed by atoms with E-state index in [1.54, 1.807) is 0 Å². The monoisotopic (exact) mass is 215 g/mol. The number of rotatable bonds is 1. The lowest BCUT2D eigenvalue weighted by Gasteiger charge is -2.36. The highest BCUT2D eigenvalue weighted by atomic mass is 32.2. The summed E-state index contributed by atoms with van der Waals surface area (Å²) in [6.07, 6.45) is 3.45. The molecule has 2 fully saturated rings. The smallest absolute Gasteiger partial charge is 0.323 e. The number of ether oxygens (including phenoxy) is 1. The fourth-order valence-electron chi connectivity index (χ4n) is 2.59. The van der Waals surface area contributed by atoms with Crippen molar-refractivity contribution in [2.24, 2.45) is 5.41 Å². The Labute approximate surface area is 89.0 Å². The molecule has 0 aromatic rings. The predicted octanol–water partition coefficient (Wildman–Crippen LogP) is 1.03. The third kappa shape index (κ3) is 1.65. The maximum atomic E-state index is 11.6. The predicted molar refractivity (Wildman–Crippen MR) is 57.4 cm³/mol. The Hall–Kier alpha value is -0.220. The SMILES string of the molecule is COC(=O)C1NCCC12CCSCC2. The first-order valence-electron chi connectivity index (χ1n) is 5.17. The number of hydrogen-bond acceptors (Lipinski definition) is 4. The molecule has 1 N–H and O–H groups in total. The number of hydrogen-bond donors (Lipinski definition) is 1. The van der Waals surface area contributed by atoms with Crippen LogP contribution in [0.2, 0.25) is 0 Å². The summed E-state index contributed by atoms with van der Waals surface area (Å²) in [7, 11) is 1.48. The Kier molecular flexibility index (Phi) is 3.02. The van der Waals surface area contributed by atoms with Crippen LogP contribution in [0.4, 0.5) is 0 Å². The van der Waals surface area contributed by atoms with Gasteiger partial charge in [-0.3, -0.25) is 4.79 Å². The quantitative estimate of drug-likeness (QED) is 0.663. The lowest BCUT2D eigenvalue weighted by atomic mass is 9.75. The van der Waals surface area contributed by atoms with Crippen LogP contribution in [-0.4, -0.2) is 37.2 Å². The molecular weight excluding hydrogens is 198 g/mol. The fraction of sp³-hybridized carbons (Fsp3) is 0.900. The minimum atomic E-state index is -0.0746. The minimum Gasteiger partial charge on any atom is -0.468 e. The molecule has 80 valence electrons. The first-order chi connectivity index (χ1) is 6.78. The number of carbonyl (C=O) groups is 1. The topological polar surface area (TPSA) is 38.3 Å². The molecule has 2 heterocycles. The normalized spacial score (nSPS) is 30.5. The van der Waals surface area contributed by atoms with Gasteiger partial charge in [0, 0.05) is 0 Å². The molecule has 4 heteroatoms. The van der Waals surface area contributed by atoms with Gasteiger partial charge in [0.1, 0.15) is 6.04 Å². The number of methoxy groups -OCH3 is 1. The van der Waals surface area contributed by atoms with Gasteiger partial charge in [-0.05, 0) is 42.7 Å². The molecule has 0 amide bonds. The third-order valence-electron chi connectivity index (χ3n) is 3.51. The van der Waals surface area contributed by atoms with Crippen molar-refractivity contribution >= 4 is 17.7 Å². The molecule has 2 saturated heterocycles. The van der Waals surface area contributed by atoms with E-state index in [0.29, 0.717) is 0 Å². The van der Waals surface area contributed by atoms with E-state index in [4.69, 9.17) is 4.74 Å². The van der Waals surface area contributed by atoms with Crippen LogP contribution in [0.15, 0.2) is 0 Å². The zero-order valence-electron chi connectivity index (χ0n) is 8.54. The van der Waals surface area contributed by atoms with E-state index in [1.165, 1.54) is 18.6 Å². The molecule has 2 aliphatic heterocycles. The lowest BCUT2D eigenvalue weighted by Crippen LogP contribution is -2.45. The fourth-order valence-corrected chi connectivity index (χ4v) is 3.90. The van der Waals surface area contributed by atoms with Gasteiger partial charge in [0.2, 0.25) is 0 Å². The minimum absolute atomic E-state index is 0.0478. The van der Waals surface area contributed by atoms with E-state index in [0.717, 1.165) is 25.8 Å². The highest BCUT2D eigenvalue weighted by Crippen LogP contribution is 2.43. The number of carbonyl (C=O) groups excluding carboxylic acids is 1. The van der Waals surface area contributed by atoms with E-state index in [2.05, 4.69) is 5.32 Å². The van der Waals surface area contributed by atoms with Crippen molar-refractivity contribution < 1.29 is 9.53 Å². The molecule has 3 nitrogen and oxygen atoms in total. The van der Waals surface area contributed by atoms with Gasteiger partial charge in [0.15, 0.2) is 0 Å². The van der Waals surface area contributed by atoms with Crippen LogP contribution in [0.3, 0.4) is 0 Å². The van der Waals surface area contributed by atoms with Gasteiger partial charge in [-0.2, -0.15) is 11.8 Å². The summed E-state index contributed by atoms with van der Waals surface area (Å²) in [5.41, 5.74) is 0.207. The first kappa shape index (κ1) is 10.3. The van der Waals surface area contributed by atoms with E-state index in [9.17, 15) is 4.79 Å². The Bertz CT molecular complexity index is 226. The highest BCUT2D eigenvalue weighted by Gasteiger charge is 2.47. The number of nitrogens with one attached hydrogen (secondary N) is 1. The second kappa shape index (κ2) is 4.11. The van der Waals surface area contributed by atoms with Gasteiger partial charge in [-0.1, -0.05) is 0 Å². The molecule has 0 saturated carbocycles. The molecule has 2 aliphatic rings. The van der Waals surface area contributed by atoms with Crippen molar-refractivity contribution in [2.75, 3.05) is 25.2 Å².